The van der Waals surface area contributed by atoms with Crippen molar-refractivity contribution in [3.8, 4) is 5.75 Å². The van der Waals surface area contributed by atoms with Gasteiger partial charge in [-0.25, -0.2) is 4.39 Å². The van der Waals surface area contributed by atoms with Gasteiger partial charge in [-0.2, -0.15) is 0 Å². The smallest absolute Gasteiger partial charge is 0.138 e. The fourth-order valence-electron chi connectivity index (χ4n) is 1.82. The molecule has 0 saturated carbocycles. The van der Waals surface area contributed by atoms with E-state index in [0.717, 1.165) is 5.56 Å². The van der Waals surface area contributed by atoms with Crippen LogP contribution < -0.4 is 10.5 Å². The van der Waals surface area contributed by atoms with Crippen LogP contribution >= 0.6 is 39.1 Å². The molecule has 0 aliphatic rings. The maximum absolute atomic E-state index is 13.3. The van der Waals surface area contributed by atoms with Gasteiger partial charge in [-0.15, -0.1) is 0 Å². The first-order valence-electron chi connectivity index (χ1n) is 5.67. The molecule has 0 radical (unpaired) electrons. The molecule has 2 aromatic carbocycles. The third-order valence-corrected chi connectivity index (χ3v) is 4.14. The molecule has 0 fully saturated rings. The molecule has 6 heteroatoms. The largest absolute Gasteiger partial charge is 0.495 e. The van der Waals surface area contributed by atoms with Crippen LogP contribution in [-0.2, 0) is 0 Å². The Morgan fingerprint density at radius 1 is 1.20 bits per heavy atom. The highest BCUT2D eigenvalue weighted by Gasteiger charge is 2.16. The molecular weight excluding hydrogens is 368 g/mol. The van der Waals surface area contributed by atoms with Gasteiger partial charge in [0.1, 0.15) is 11.6 Å². The van der Waals surface area contributed by atoms with Gasteiger partial charge in [0.2, 0.25) is 0 Å². The summed E-state index contributed by atoms with van der Waals surface area (Å²) in [6.45, 7) is 0. The molecule has 0 aliphatic carbocycles. The van der Waals surface area contributed by atoms with E-state index in [1.54, 1.807) is 24.3 Å². The van der Waals surface area contributed by atoms with Gasteiger partial charge < -0.3 is 10.5 Å². The van der Waals surface area contributed by atoms with Crippen LogP contribution in [-0.4, -0.2) is 7.11 Å². The Labute approximate surface area is 134 Å². The van der Waals surface area contributed by atoms with Crippen LogP contribution in [0.4, 0.5) is 4.39 Å². The zero-order valence-electron chi connectivity index (χ0n) is 10.5. The molecule has 0 aromatic heterocycles. The normalized spacial score (nSPS) is 12.3. The summed E-state index contributed by atoms with van der Waals surface area (Å²) in [6.07, 6.45) is 0. The lowest BCUT2D eigenvalue weighted by atomic mass is 9.99. The van der Waals surface area contributed by atoms with Crippen molar-refractivity contribution in [3.05, 3.63) is 61.8 Å². The number of halogens is 4. The van der Waals surface area contributed by atoms with Gasteiger partial charge in [0.05, 0.1) is 22.6 Å². The average Bonchev–Trinajstić information content (AvgIpc) is 2.43. The Morgan fingerprint density at radius 3 is 2.50 bits per heavy atom. The van der Waals surface area contributed by atoms with E-state index in [4.69, 9.17) is 33.7 Å². The first kappa shape index (κ1) is 15.6. The molecule has 0 amide bonds. The fraction of sp³-hybridized carbons (Fsp3) is 0.143. The van der Waals surface area contributed by atoms with E-state index in [2.05, 4.69) is 15.9 Å². The summed E-state index contributed by atoms with van der Waals surface area (Å²) < 4.78 is 18.7. The molecule has 0 spiro atoms. The van der Waals surface area contributed by atoms with Crippen LogP contribution in [0.15, 0.2) is 34.8 Å². The lowest BCUT2D eigenvalue weighted by Gasteiger charge is -2.16. The minimum absolute atomic E-state index is 0.347. The second-order valence-electron chi connectivity index (χ2n) is 4.16. The highest BCUT2D eigenvalue weighted by atomic mass is 79.9. The van der Waals surface area contributed by atoms with Gasteiger partial charge >= 0.3 is 0 Å². The maximum Gasteiger partial charge on any atom is 0.138 e. The Morgan fingerprint density at radius 2 is 1.90 bits per heavy atom. The number of rotatable bonds is 3. The summed E-state index contributed by atoms with van der Waals surface area (Å²) in [6, 6.07) is 7.33. The van der Waals surface area contributed by atoms with Crippen LogP contribution in [0.5, 0.6) is 5.75 Å². The minimum atomic E-state index is -0.511. The van der Waals surface area contributed by atoms with E-state index in [1.807, 2.05) is 0 Å². The minimum Gasteiger partial charge on any atom is -0.495 e. The highest BCUT2D eigenvalue weighted by Crippen LogP contribution is 2.35. The van der Waals surface area contributed by atoms with E-state index in [9.17, 15) is 4.39 Å². The molecule has 106 valence electrons. The van der Waals surface area contributed by atoms with E-state index in [-0.39, 0.29) is 5.82 Å². The first-order valence-corrected chi connectivity index (χ1v) is 7.22. The zero-order chi connectivity index (χ0) is 14.9. The van der Waals surface area contributed by atoms with Crippen molar-refractivity contribution in [1.82, 2.24) is 0 Å². The second-order valence-corrected chi connectivity index (χ2v) is 5.83. The Kier molecular flexibility index (Phi) is 4.91. The molecule has 0 bridgehead atoms. The van der Waals surface area contributed by atoms with Gasteiger partial charge in [0, 0.05) is 11.1 Å². The Bertz CT molecular complexity index is 651. The third kappa shape index (κ3) is 3.09. The van der Waals surface area contributed by atoms with Crippen LogP contribution in [0.1, 0.15) is 17.2 Å². The first-order chi connectivity index (χ1) is 9.43. The van der Waals surface area contributed by atoms with Gasteiger partial charge in [0.25, 0.3) is 0 Å². The zero-order valence-corrected chi connectivity index (χ0v) is 13.6. The predicted octanol–water partition coefficient (Wildman–Crippen LogP) is 4.95. The topological polar surface area (TPSA) is 35.2 Å². The fourth-order valence-corrected chi connectivity index (χ4v) is 2.74. The lowest BCUT2D eigenvalue weighted by Crippen LogP contribution is -2.12. The molecule has 0 heterocycles. The van der Waals surface area contributed by atoms with Crippen molar-refractivity contribution >= 4 is 39.1 Å². The Hall–Kier alpha value is -0.810. The summed E-state index contributed by atoms with van der Waals surface area (Å²) in [5, 5.41) is 0.864. The molecule has 20 heavy (non-hydrogen) atoms. The molecular formula is C14H11BrCl2FNO. The number of hydrogen-bond acceptors (Lipinski definition) is 2. The quantitative estimate of drug-likeness (QED) is 0.819. The predicted molar refractivity (Wildman–Crippen MR) is 83.1 cm³/mol. The van der Waals surface area contributed by atoms with E-state index < -0.39 is 6.04 Å². The van der Waals surface area contributed by atoms with Gasteiger partial charge in [-0.3, -0.25) is 0 Å². The van der Waals surface area contributed by atoms with Crippen molar-refractivity contribution in [2.75, 3.05) is 7.11 Å². The SMILES string of the molecule is COc1cc(Cl)c(C(N)c2ccc(F)c(Br)c2)cc1Cl. The molecule has 0 aliphatic heterocycles. The number of benzene rings is 2. The third-order valence-electron chi connectivity index (χ3n) is 2.91. The van der Waals surface area contributed by atoms with Crippen molar-refractivity contribution in [2.24, 2.45) is 5.73 Å². The van der Waals surface area contributed by atoms with Crippen LogP contribution in [0.2, 0.25) is 10.0 Å². The standard InChI is InChI=1S/C14H11BrCl2FNO/c1-20-13-6-10(16)8(5-11(13)17)14(19)7-2-3-12(18)9(15)4-7/h2-6,14H,19H2,1H3. The van der Waals surface area contributed by atoms with Gasteiger partial charge in [0.15, 0.2) is 0 Å². The number of ether oxygens (including phenoxy) is 1. The molecule has 1 unspecified atom stereocenters. The summed E-state index contributed by atoms with van der Waals surface area (Å²) in [5.74, 6) is 0.132. The van der Waals surface area contributed by atoms with Crippen molar-refractivity contribution in [3.63, 3.8) is 0 Å². The van der Waals surface area contributed by atoms with Crippen molar-refractivity contribution in [2.45, 2.75) is 6.04 Å². The maximum atomic E-state index is 13.3. The van der Waals surface area contributed by atoms with Crippen molar-refractivity contribution < 1.29 is 9.13 Å². The van der Waals surface area contributed by atoms with Gasteiger partial charge in [-0.05, 0) is 45.3 Å². The molecule has 0 saturated heterocycles. The Balaban J connectivity index is 2.45. The van der Waals surface area contributed by atoms with Crippen molar-refractivity contribution in [1.29, 1.82) is 0 Å². The number of nitrogens with two attached hydrogens (primary N) is 1. The average molecular weight is 379 g/mol. The van der Waals surface area contributed by atoms with Crippen LogP contribution in [0.3, 0.4) is 0 Å². The molecule has 2 rings (SSSR count). The van der Waals surface area contributed by atoms with Gasteiger partial charge in [-0.1, -0.05) is 29.3 Å². The van der Waals surface area contributed by atoms with E-state index in [1.165, 1.54) is 13.2 Å². The monoisotopic (exact) mass is 377 g/mol. The summed E-state index contributed by atoms with van der Waals surface area (Å²) in [4.78, 5) is 0. The molecule has 1 atom stereocenters. The number of methoxy groups -OCH3 is 1. The second kappa shape index (κ2) is 6.31. The summed E-state index contributed by atoms with van der Waals surface area (Å²) in [7, 11) is 1.51. The molecule has 2 nitrogen and oxygen atoms in total. The van der Waals surface area contributed by atoms with E-state index >= 15 is 0 Å². The highest BCUT2D eigenvalue weighted by molar-refractivity contribution is 9.10. The molecule has 2 aromatic rings. The summed E-state index contributed by atoms with van der Waals surface area (Å²) in [5.41, 5.74) is 7.54. The molecule has 2 N–H and O–H groups in total. The van der Waals surface area contributed by atoms with E-state index in [0.29, 0.717) is 25.8 Å². The summed E-state index contributed by atoms with van der Waals surface area (Å²) >= 11 is 15.4. The van der Waals surface area contributed by atoms with Crippen LogP contribution in [0.25, 0.3) is 0 Å². The number of hydrogen-bond donors (Lipinski definition) is 1. The lowest BCUT2D eigenvalue weighted by molar-refractivity contribution is 0.415. The van der Waals surface area contributed by atoms with Crippen LogP contribution in [0, 0.1) is 5.82 Å².